The molecule has 5 nitrogen and oxygen atoms in total. The second kappa shape index (κ2) is 8.50. The lowest BCUT2D eigenvalue weighted by Crippen LogP contribution is -2.37. The van der Waals surface area contributed by atoms with E-state index < -0.39 is 17.8 Å². The highest BCUT2D eigenvalue weighted by Gasteiger charge is 2.17. The number of benzene rings is 1. The first-order valence-corrected chi connectivity index (χ1v) is 5.89. The minimum Gasteiger partial charge on any atom is -0.480 e. The van der Waals surface area contributed by atoms with Crippen molar-refractivity contribution >= 4 is 30.0 Å². The number of amides is 1. The number of nitrogens with zero attached hydrogens (tertiary/aromatic N) is 1. The summed E-state index contributed by atoms with van der Waals surface area (Å²) >= 11 is 0. The van der Waals surface area contributed by atoms with Crippen molar-refractivity contribution in [2.45, 2.75) is 19.4 Å². The van der Waals surface area contributed by atoms with Gasteiger partial charge in [-0.25, -0.2) is 4.39 Å². The van der Waals surface area contributed by atoms with E-state index in [1.165, 1.54) is 25.1 Å². The van der Waals surface area contributed by atoms with Gasteiger partial charge in [0, 0.05) is 13.0 Å². The fourth-order valence-electron chi connectivity index (χ4n) is 1.44. The molecule has 1 aromatic carbocycles. The van der Waals surface area contributed by atoms with Crippen LogP contribution >= 0.6 is 12.4 Å². The summed E-state index contributed by atoms with van der Waals surface area (Å²) in [4.78, 5) is 23.9. The summed E-state index contributed by atoms with van der Waals surface area (Å²) in [7, 11) is 1.62. The van der Waals surface area contributed by atoms with Crippen LogP contribution in [-0.4, -0.2) is 41.5 Å². The molecule has 0 aromatic heterocycles. The molecule has 0 aliphatic carbocycles. The van der Waals surface area contributed by atoms with Gasteiger partial charge in [0.25, 0.3) is 0 Å². The number of rotatable bonds is 6. The Balaban J connectivity index is 0.00000361. The number of anilines is 1. The summed E-state index contributed by atoms with van der Waals surface area (Å²) in [5, 5.41) is 11.2. The molecule has 7 heteroatoms. The maximum atomic E-state index is 13.3. The molecule has 0 fully saturated rings. The number of likely N-dealkylation sites (N-methyl/N-ethyl adjacent to an activating group) is 1. The van der Waals surface area contributed by atoms with Crippen LogP contribution in [0.1, 0.15) is 13.3 Å². The van der Waals surface area contributed by atoms with E-state index in [0.29, 0.717) is 0 Å². The maximum Gasteiger partial charge on any atom is 0.320 e. The minimum atomic E-state index is -0.947. The molecule has 0 radical (unpaired) electrons. The van der Waals surface area contributed by atoms with E-state index in [9.17, 15) is 14.0 Å². The zero-order chi connectivity index (χ0) is 14.4. The van der Waals surface area contributed by atoms with Gasteiger partial charge in [-0.3, -0.25) is 14.5 Å². The topological polar surface area (TPSA) is 69.6 Å². The Kier molecular flexibility index (Phi) is 7.79. The SMILES string of the molecule is CC(C(=O)O)N(C)CCC(=O)Nc1ccccc1F.Cl. The van der Waals surface area contributed by atoms with Gasteiger partial charge in [-0.15, -0.1) is 12.4 Å². The van der Waals surface area contributed by atoms with Crippen LogP contribution in [0.4, 0.5) is 10.1 Å². The van der Waals surface area contributed by atoms with Crippen molar-refractivity contribution in [2.24, 2.45) is 0 Å². The summed E-state index contributed by atoms with van der Waals surface area (Å²) in [6.45, 7) is 1.82. The first-order chi connectivity index (χ1) is 8.91. The van der Waals surface area contributed by atoms with Crippen molar-refractivity contribution in [3.05, 3.63) is 30.1 Å². The van der Waals surface area contributed by atoms with Crippen molar-refractivity contribution in [2.75, 3.05) is 18.9 Å². The number of carbonyl (C=O) groups excluding carboxylic acids is 1. The van der Waals surface area contributed by atoms with E-state index in [0.717, 1.165) is 0 Å². The number of hydrogen-bond acceptors (Lipinski definition) is 3. The smallest absolute Gasteiger partial charge is 0.320 e. The van der Waals surface area contributed by atoms with Crippen LogP contribution in [0.15, 0.2) is 24.3 Å². The number of carbonyl (C=O) groups is 2. The highest BCUT2D eigenvalue weighted by Crippen LogP contribution is 2.12. The Morgan fingerprint density at radius 1 is 1.40 bits per heavy atom. The van der Waals surface area contributed by atoms with E-state index in [-0.39, 0.29) is 37.0 Å². The van der Waals surface area contributed by atoms with Gasteiger partial charge in [0.2, 0.25) is 5.91 Å². The second-order valence-corrected chi connectivity index (χ2v) is 4.27. The van der Waals surface area contributed by atoms with Crippen LogP contribution in [0.25, 0.3) is 0 Å². The van der Waals surface area contributed by atoms with Gasteiger partial charge in [-0.2, -0.15) is 0 Å². The van der Waals surface area contributed by atoms with E-state index in [1.807, 2.05) is 0 Å². The highest BCUT2D eigenvalue weighted by atomic mass is 35.5. The Morgan fingerprint density at radius 3 is 2.55 bits per heavy atom. The van der Waals surface area contributed by atoms with E-state index in [1.54, 1.807) is 18.0 Å². The van der Waals surface area contributed by atoms with E-state index in [2.05, 4.69) is 5.32 Å². The number of carboxylic acids is 1. The lowest BCUT2D eigenvalue weighted by atomic mass is 10.2. The molecule has 1 unspecified atom stereocenters. The van der Waals surface area contributed by atoms with Crippen molar-refractivity contribution < 1.29 is 19.1 Å². The Hall–Kier alpha value is -1.66. The van der Waals surface area contributed by atoms with Crippen molar-refractivity contribution in [1.29, 1.82) is 0 Å². The fraction of sp³-hybridized carbons (Fsp3) is 0.385. The predicted octanol–water partition coefficient (Wildman–Crippen LogP) is 1.98. The number of halogens is 2. The molecule has 112 valence electrons. The van der Waals surface area contributed by atoms with Crippen LogP contribution in [0.2, 0.25) is 0 Å². The van der Waals surface area contributed by atoms with Gasteiger partial charge in [0.1, 0.15) is 11.9 Å². The molecule has 0 aliphatic heterocycles. The van der Waals surface area contributed by atoms with E-state index >= 15 is 0 Å². The predicted molar refractivity (Wildman–Crippen MR) is 76.6 cm³/mol. The van der Waals surface area contributed by atoms with Crippen LogP contribution in [-0.2, 0) is 9.59 Å². The van der Waals surface area contributed by atoms with Crippen LogP contribution < -0.4 is 5.32 Å². The molecule has 0 bridgehead atoms. The summed E-state index contributed by atoms with van der Waals surface area (Å²) in [5.41, 5.74) is 0.126. The Morgan fingerprint density at radius 2 is 2.00 bits per heavy atom. The fourth-order valence-corrected chi connectivity index (χ4v) is 1.44. The number of carboxylic acid groups (broad SMARTS) is 1. The third-order valence-electron chi connectivity index (χ3n) is 2.86. The molecule has 0 spiro atoms. The van der Waals surface area contributed by atoms with Gasteiger partial charge in [-0.1, -0.05) is 12.1 Å². The summed E-state index contributed by atoms with van der Waals surface area (Å²) in [5.74, 6) is -1.80. The van der Waals surface area contributed by atoms with Gasteiger partial charge < -0.3 is 10.4 Å². The molecule has 0 saturated carbocycles. The Bertz CT molecular complexity index is 471. The quantitative estimate of drug-likeness (QED) is 0.843. The molecule has 1 aromatic rings. The Labute approximate surface area is 123 Å². The highest BCUT2D eigenvalue weighted by molar-refractivity contribution is 5.90. The monoisotopic (exact) mass is 304 g/mol. The second-order valence-electron chi connectivity index (χ2n) is 4.27. The zero-order valence-electron chi connectivity index (χ0n) is 11.3. The van der Waals surface area contributed by atoms with Crippen LogP contribution in [0.5, 0.6) is 0 Å². The normalized spacial score (nSPS) is 11.6. The van der Waals surface area contributed by atoms with Crippen molar-refractivity contribution in [3.63, 3.8) is 0 Å². The number of nitrogens with one attached hydrogen (secondary N) is 1. The summed E-state index contributed by atoms with van der Waals surface area (Å²) < 4.78 is 13.3. The van der Waals surface area contributed by atoms with Crippen molar-refractivity contribution in [3.8, 4) is 0 Å². The van der Waals surface area contributed by atoms with Gasteiger partial charge in [-0.05, 0) is 26.1 Å². The third-order valence-corrected chi connectivity index (χ3v) is 2.86. The molecular weight excluding hydrogens is 287 g/mol. The van der Waals surface area contributed by atoms with Crippen molar-refractivity contribution in [1.82, 2.24) is 4.90 Å². The minimum absolute atomic E-state index is 0. The lowest BCUT2D eigenvalue weighted by Gasteiger charge is -2.20. The van der Waals surface area contributed by atoms with Gasteiger partial charge in [0.05, 0.1) is 5.69 Å². The molecule has 0 saturated heterocycles. The molecule has 2 N–H and O–H groups in total. The zero-order valence-corrected chi connectivity index (χ0v) is 12.1. The molecular formula is C13H18ClFN2O3. The molecule has 1 rings (SSSR count). The lowest BCUT2D eigenvalue weighted by molar-refractivity contribution is -0.142. The molecule has 0 aliphatic rings. The van der Waals surface area contributed by atoms with Gasteiger partial charge in [0.15, 0.2) is 0 Å². The maximum absolute atomic E-state index is 13.3. The standard InChI is InChI=1S/C13H17FN2O3.ClH/c1-9(13(18)19)16(2)8-7-12(17)15-11-6-4-3-5-10(11)14;/h3-6,9H,7-8H2,1-2H3,(H,15,17)(H,18,19);1H. The van der Waals surface area contributed by atoms with Crippen LogP contribution in [0.3, 0.4) is 0 Å². The van der Waals surface area contributed by atoms with Crippen LogP contribution in [0, 0.1) is 5.82 Å². The van der Waals surface area contributed by atoms with Gasteiger partial charge >= 0.3 is 5.97 Å². The average molecular weight is 305 g/mol. The summed E-state index contributed by atoms with van der Waals surface area (Å²) in [6, 6.07) is 5.22. The number of hydrogen-bond donors (Lipinski definition) is 2. The average Bonchev–Trinajstić information content (AvgIpc) is 2.37. The number of aliphatic carboxylic acids is 1. The molecule has 20 heavy (non-hydrogen) atoms. The molecule has 1 amide bonds. The summed E-state index contributed by atoms with van der Waals surface area (Å²) in [6.07, 6.45) is 0.0997. The molecule has 1 atom stereocenters. The molecule has 0 heterocycles. The largest absolute Gasteiger partial charge is 0.480 e. The first kappa shape index (κ1) is 18.3. The number of para-hydroxylation sites is 1. The first-order valence-electron chi connectivity index (χ1n) is 5.89. The third kappa shape index (κ3) is 5.54. The van der Waals surface area contributed by atoms with E-state index in [4.69, 9.17) is 5.11 Å².